The fourth-order valence-electron chi connectivity index (χ4n) is 2.76. The van der Waals surface area contributed by atoms with Gasteiger partial charge in [0, 0.05) is 34.4 Å². The largest absolute Gasteiger partial charge is 0.325 e. The van der Waals surface area contributed by atoms with E-state index in [0.29, 0.717) is 22.5 Å². The summed E-state index contributed by atoms with van der Waals surface area (Å²) >= 11 is 5.80. The Kier molecular flexibility index (Phi) is 5.04. The molecule has 0 saturated heterocycles. The number of hydrogen-bond donors (Lipinski definition) is 1. The number of aromatic nitrogens is 2. The molecule has 3 aromatic rings. The number of amides is 1. The molecule has 0 atom stereocenters. The van der Waals surface area contributed by atoms with Crippen molar-refractivity contribution in [3.8, 4) is 11.1 Å². The molecule has 2 aromatic carbocycles. The zero-order valence-electron chi connectivity index (χ0n) is 14.2. The van der Waals surface area contributed by atoms with Crippen molar-refractivity contribution in [3.05, 3.63) is 70.5 Å². The lowest BCUT2D eigenvalue weighted by Gasteiger charge is -2.12. The molecule has 1 amide bonds. The van der Waals surface area contributed by atoms with Crippen molar-refractivity contribution in [1.82, 2.24) is 9.78 Å². The van der Waals surface area contributed by atoms with E-state index < -0.39 is 17.7 Å². The van der Waals surface area contributed by atoms with Gasteiger partial charge in [0.2, 0.25) is 11.9 Å². The van der Waals surface area contributed by atoms with Crippen LogP contribution in [0.5, 0.6) is 0 Å². The maximum absolute atomic E-state index is 14.3. The molecule has 1 aromatic heterocycles. The average Bonchev–Trinajstić information content (AvgIpc) is 2.82. The van der Waals surface area contributed by atoms with Crippen LogP contribution >= 0.6 is 11.6 Å². The van der Waals surface area contributed by atoms with Crippen molar-refractivity contribution in [2.45, 2.75) is 13.3 Å². The van der Waals surface area contributed by atoms with Crippen LogP contribution in [0, 0.1) is 18.7 Å². The van der Waals surface area contributed by atoms with Gasteiger partial charge < -0.3 is 5.32 Å². The fraction of sp³-hybridized carbons (Fsp3) is 0.158. The lowest BCUT2D eigenvalue weighted by molar-refractivity contribution is -0.115. The Bertz CT molecular complexity index is 985. The van der Waals surface area contributed by atoms with Gasteiger partial charge in [0.05, 0.1) is 12.1 Å². The van der Waals surface area contributed by atoms with Crippen LogP contribution in [0.1, 0.15) is 11.3 Å². The minimum atomic E-state index is -0.547. The number of anilines is 1. The number of aryl methyl sites for hydroxylation is 2. The lowest BCUT2D eigenvalue weighted by Crippen LogP contribution is -2.16. The Morgan fingerprint density at radius 2 is 1.92 bits per heavy atom. The first-order valence-corrected chi connectivity index (χ1v) is 8.27. The molecule has 1 N–H and O–H groups in total. The molecule has 1 heterocycles. The van der Waals surface area contributed by atoms with Crippen LogP contribution in [0.4, 0.5) is 14.5 Å². The Labute approximate surface area is 154 Å². The molecular formula is C19H16ClF2N3O. The number of halogens is 3. The molecule has 134 valence electrons. The monoisotopic (exact) mass is 375 g/mol. The smallest absolute Gasteiger partial charge is 0.229 e. The second-order valence-corrected chi connectivity index (χ2v) is 6.31. The van der Waals surface area contributed by atoms with Gasteiger partial charge >= 0.3 is 0 Å². The Morgan fingerprint density at radius 1 is 1.19 bits per heavy atom. The molecular weight excluding hydrogens is 360 g/mol. The van der Waals surface area contributed by atoms with Gasteiger partial charge in [-0.25, -0.2) is 9.07 Å². The first-order chi connectivity index (χ1) is 12.4. The van der Waals surface area contributed by atoms with E-state index in [-0.39, 0.29) is 17.0 Å². The van der Waals surface area contributed by atoms with E-state index in [1.165, 1.54) is 13.1 Å². The van der Waals surface area contributed by atoms with Crippen LogP contribution in [0.3, 0.4) is 0 Å². The molecule has 4 nitrogen and oxygen atoms in total. The highest BCUT2D eigenvalue weighted by Gasteiger charge is 2.18. The zero-order chi connectivity index (χ0) is 18.8. The van der Waals surface area contributed by atoms with Gasteiger partial charge in [0.15, 0.2) is 0 Å². The van der Waals surface area contributed by atoms with E-state index >= 15 is 0 Å². The highest BCUT2D eigenvalue weighted by atomic mass is 35.5. The molecule has 0 fully saturated rings. The highest BCUT2D eigenvalue weighted by Crippen LogP contribution is 2.31. The molecule has 0 aliphatic rings. The molecule has 0 aliphatic carbocycles. The summed E-state index contributed by atoms with van der Waals surface area (Å²) in [6.45, 7) is 1.64. The lowest BCUT2D eigenvalue weighted by atomic mass is 10.0. The van der Waals surface area contributed by atoms with Crippen LogP contribution < -0.4 is 5.32 Å². The Morgan fingerprint density at radius 3 is 2.58 bits per heavy atom. The van der Waals surface area contributed by atoms with Crippen molar-refractivity contribution < 1.29 is 13.6 Å². The van der Waals surface area contributed by atoms with E-state index in [2.05, 4.69) is 10.4 Å². The van der Waals surface area contributed by atoms with E-state index in [4.69, 9.17) is 11.6 Å². The van der Waals surface area contributed by atoms with Crippen molar-refractivity contribution in [2.24, 2.45) is 7.05 Å². The van der Waals surface area contributed by atoms with Crippen molar-refractivity contribution in [2.75, 3.05) is 5.32 Å². The van der Waals surface area contributed by atoms with Crippen LogP contribution in [0.15, 0.2) is 42.5 Å². The van der Waals surface area contributed by atoms with Gasteiger partial charge in [0.1, 0.15) is 5.82 Å². The normalized spacial score (nSPS) is 10.8. The standard InChI is InChI=1S/C19H16ClF2N3O/c1-11-15(19(22)25(2)24-11)10-18(26)23-17-6-4-3-5-14(17)13-8-7-12(20)9-16(13)21/h3-9H,10H2,1-2H3,(H,23,26). The molecule has 0 unspecified atom stereocenters. The van der Waals surface area contributed by atoms with Crippen molar-refractivity contribution in [3.63, 3.8) is 0 Å². The van der Waals surface area contributed by atoms with Gasteiger partial charge in [0.25, 0.3) is 0 Å². The van der Waals surface area contributed by atoms with E-state index in [1.54, 1.807) is 43.3 Å². The molecule has 0 spiro atoms. The average molecular weight is 376 g/mol. The third kappa shape index (κ3) is 3.60. The van der Waals surface area contributed by atoms with Gasteiger partial charge in [-0.3, -0.25) is 4.79 Å². The Balaban J connectivity index is 1.88. The number of carbonyl (C=O) groups is 1. The first kappa shape index (κ1) is 18.1. The predicted molar refractivity (Wildman–Crippen MR) is 97.1 cm³/mol. The Hall–Kier alpha value is -2.73. The van der Waals surface area contributed by atoms with Gasteiger partial charge in [-0.05, 0) is 31.2 Å². The number of hydrogen-bond acceptors (Lipinski definition) is 2. The first-order valence-electron chi connectivity index (χ1n) is 7.89. The van der Waals surface area contributed by atoms with Gasteiger partial charge in [-0.15, -0.1) is 0 Å². The molecule has 26 heavy (non-hydrogen) atoms. The van der Waals surface area contributed by atoms with Gasteiger partial charge in [-0.2, -0.15) is 9.49 Å². The molecule has 0 aliphatic heterocycles. The SMILES string of the molecule is Cc1nn(C)c(F)c1CC(=O)Nc1ccccc1-c1ccc(Cl)cc1F. The maximum Gasteiger partial charge on any atom is 0.229 e. The summed E-state index contributed by atoms with van der Waals surface area (Å²) in [5.74, 6) is -1.45. The second kappa shape index (κ2) is 7.25. The van der Waals surface area contributed by atoms with E-state index in [1.807, 2.05) is 0 Å². The number of carbonyl (C=O) groups excluding carboxylic acids is 1. The third-order valence-corrected chi connectivity index (χ3v) is 4.26. The number of nitrogens with zero attached hydrogens (tertiary/aromatic N) is 2. The molecule has 0 radical (unpaired) electrons. The van der Waals surface area contributed by atoms with Gasteiger partial charge in [-0.1, -0.05) is 29.8 Å². The summed E-state index contributed by atoms with van der Waals surface area (Å²) in [4.78, 5) is 12.4. The molecule has 0 saturated carbocycles. The summed E-state index contributed by atoms with van der Waals surface area (Å²) < 4.78 is 29.4. The number of nitrogens with one attached hydrogen (secondary N) is 1. The van der Waals surface area contributed by atoms with E-state index in [0.717, 1.165) is 4.68 Å². The number of para-hydroxylation sites is 1. The van der Waals surface area contributed by atoms with Crippen molar-refractivity contribution >= 4 is 23.2 Å². The van der Waals surface area contributed by atoms with Crippen molar-refractivity contribution in [1.29, 1.82) is 0 Å². The van der Waals surface area contributed by atoms with E-state index in [9.17, 15) is 13.6 Å². The molecule has 0 bridgehead atoms. The minimum Gasteiger partial charge on any atom is -0.325 e. The quantitative estimate of drug-likeness (QED) is 0.729. The summed E-state index contributed by atoms with van der Waals surface area (Å²) in [6, 6.07) is 11.2. The second-order valence-electron chi connectivity index (χ2n) is 5.87. The van der Waals surface area contributed by atoms with Crippen LogP contribution in [0.2, 0.25) is 5.02 Å². The van der Waals surface area contributed by atoms with Crippen LogP contribution in [-0.4, -0.2) is 15.7 Å². The highest BCUT2D eigenvalue weighted by molar-refractivity contribution is 6.30. The zero-order valence-corrected chi connectivity index (χ0v) is 14.9. The summed E-state index contributed by atoms with van der Waals surface area (Å²) in [5.41, 5.74) is 1.95. The summed E-state index contributed by atoms with van der Waals surface area (Å²) in [7, 11) is 1.47. The number of rotatable bonds is 4. The number of benzene rings is 2. The minimum absolute atomic E-state index is 0.164. The maximum atomic E-state index is 14.3. The third-order valence-electron chi connectivity index (χ3n) is 4.03. The van der Waals surface area contributed by atoms with Crippen LogP contribution in [-0.2, 0) is 18.3 Å². The predicted octanol–water partition coefficient (Wildman–Crippen LogP) is 4.51. The molecule has 3 rings (SSSR count). The summed E-state index contributed by atoms with van der Waals surface area (Å²) in [6.07, 6.45) is -0.164. The molecule has 7 heteroatoms. The summed E-state index contributed by atoms with van der Waals surface area (Å²) in [5, 5.41) is 6.96. The van der Waals surface area contributed by atoms with Crippen LogP contribution in [0.25, 0.3) is 11.1 Å². The topological polar surface area (TPSA) is 46.9 Å². The fourth-order valence-corrected chi connectivity index (χ4v) is 2.92.